The number of benzene rings is 1. The van der Waals surface area contributed by atoms with E-state index < -0.39 is 0 Å². The number of rotatable bonds is 8. The van der Waals surface area contributed by atoms with E-state index in [-0.39, 0.29) is 6.61 Å². The van der Waals surface area contributed by atoms with Crippen molar-refractivity contribution in [3.8, 4) is 0 Å². The van der Waals surface area contributed by atoms with E-state index >= 15 is 0 Å². The maximum Gasteiger partial charge on any atom is 0.0606 e. The molecular weight excluding hydrogens is 284 g/mol. The molecule has 1 aliphatic rings. The molecule has 0 unspecified atom stereocenters. The molecule has 3 nitrogen and oxygen atoms in total. The molecule has 1 aromatic carbocycles. The number of aliphatic hydroxyl groups excluding tert-OH is 1. The number of halogens is 1. The molecule has 1 saturated carbocycles. The molecule has 1 aliphatic carbocycles. The Morgan fingerprint density at radius 1 is 1.38 bits per heavy atom. The predicted octanol–water partition coefficient (Wildman–Crippen LogP) is 3.44. The number of hydrogen-bond acceptors (Lipinski definition) is 3. The number of hydrogen-bond donors (Lipinski definition) is 2. The number of nitrogens with zero attached hydrogens (tertiary/aromatic N) is 1. The normalized spacial score (nSPS) is 15.3. The molecule has 0 saturated heterocycles. The molecule has 4 heteroatoms. The second kappa shape index (κ2) is 8.02. The van der Waals surface area contributed by atoms with Crippen LogP contribution in [0.1, 0.15) is 38.7 Å². The number of anilines is 1. The molecule has 2 rings (SSSR count). The average molecular weight is 311 g/mol. The molecule has 1 aromatic rings. The van der Waals surface area contributed by atoms with E-state index in [1.807, 2.05) is 6.07 Å². The Kier molecular flexibility index (Phi) is 6.34. The Hall–Kier alpha value is -0.770. The van der Waals surface area contributed by atoms with E-state index in [1.165, 1.54) is 19.3 Å². The zero-order chi connectivity index (χ0) is 15.2. The topological polar surface area (TPSA) is 35.5 Å². The molecule has 1 fully saturated rings. The largest absolute Gasteiger partial charge is 0.395 e. The third-order valence-corrected chi connectivity index (χ3v) is 4.44. The Balaban J connectivity index is 2.02. The van der Waals surface area contributed by atoms with Crippen LogP contribution in [-0.2, 0) is 6.54 Å². The smallest absolute Gasteiger partial charge is 0.0606 e. The summed E-state index contributed by atoms with van der Waals surface area (Å²) in [5.41, 5.74) is 2.27. The van der Waals surface area contributed by atoms with Crippen LogP contribution in [-0.4, -0.2) is 30.8 Å². The lowest BCUT2D eigenvalue weighted by Crippen LogP contribution is -2.42. The highest BCUT2D eigenvalue weighted by Crippen LogP contribution is 2.31. The molecule has 0 aliphatic heterocycles. The molecule has 118 valence electrons. The second-order valence-corrected chi connectivity index (χ2v) is 6.71. The van der Waals surface area contributed by atoms with Crippen molar-refractivity contribution in [1.82, 2.24) is 5.32 Å². The number of nitrogens with one attached hydrogen (secondary N) is 1. The zero-order valence-electron chi connectivity index (χ0n) is 13.1. The zero-order valence-corrected chi connectivity index (χ0v) is 13.9. The van der Waals surface area contributed by atoms with Crippen LogP contribution in [0.15, 0.2) is 18.2 Å². The van der Waals surface area contributed by atoms with Crippen LogP contribution in [0.25, 0.3) is 0 Å². The van der Waals surface area contributed by atoms with Gasteiger partial charge in [-0.15, -0.1) is 0 Å². The fraction of sp³-hybridized carbons (Fsp3) is 0.647. The summed E-state index contributed by atoms with van der Waals surface area (Å²) in [4.78, 5) is 2.29. The quantitative estimate of drug-likeness (QED) is 0.772. The van der Waals surface area contributed by atoms with Gasteiger partial charge in [-0.2, -0.15) is 0 Å². The lowest BCUT2D eigenvalue weighted by molar-refractivity contribution is 0.283. The van der Waals surface area contributed by atoms with Crippen molar-refractivity contribution in [2.24, 2.45) is 5.92 Å². The minimum Gasteiger partial charge on any atom is -0.395 e. The van der Waals surface area contributed by atoms with Crippen molar-refractivity contribution in [2.75, 3.05) is 24.6 Å². The SMILES string of the molecule is CC(C)CNCc1ccc(N(CCO)C2CCC2)cc1Cl. The highest BCUT2D eigenvalue weighted by Gasteiger charge is 2.25. The van der Waals surface area contributed by atoms with Gasteiger partial charge >= 0.3 is 0 Å². The van der Waals surface area contributed by atoms with Gasteiger partial charge in [0.25, 0.3) is 0 Å². The number of aliphatic hydroxyl groups is 1. The van der Waals surface area contributed by atoms with Gasteiger partial charge in [0.2, 0.25) is 0 Å². The van der Waals surface area contributed by atoms with E-state index in [2.05, 4.69) is 36.2 Å². The van der Waals surface area contributed by atoms with Crippen molar-refractivity contribution < 1.29 is 5.11 Å². The average Bonchev–Trinajstić information content (AvgIpc) is 2.37. The highest BCUT2D eigenvalue weighted by atomic mass is 35.5. The standard InChI is InChI=1S/C17H27ClN2O/c1-13(2)11-19-12-14-6-7-16(10-17(14)18)20(8-9-21)15-4-3-5-15/h6-7,10,13,15,19,21H,3-5,8-9,11-12H2,1-2H3. The summed E-state index contributed by atoms with van der Waals surface area (Å²) in [6.07, 6.45) is 3.72. The van der Waals surface area contributed by atoms with Gasteiger partial charge in [-0.3, -0.25) is 0 Å². The Labute approximate surface area is 133 Å². The van der Waals surface area contributed by atoms with Crippen LogP contribution in [0, 0.1) is 5.92 Å². The monoisotopic (exact) mass is 310 g/mol. The van der Waals surface area contributed by atoms with E-state index in [4.69, 9.17) is 11.6 Å². The maximum absolute atomic E-state index is 9.27. The van der Waals surface area contributed by atoms with Crippen LogP contribution >= 0.6 is 11.6 Å². The first-order valence-electron chi connectivity index (χ1n) is 7.98. The third kappa shape index (κ3) is 4.60. The van der Waals surface area contributed by atoms with Gasteiger partial charge in [0.1, 0.15) is 0 Å². The Morgan fingerprint density at radius 3 is 2.67 bits per heavy atom. The summed E-state index contributed by atoms with van der Waals surface area (Å²) >= 11 is 6.43. The van der Waals surface area contributed by atoms with Crippen molar-refractivity contribution in [3.63, 3.8) is 0 Å². The highest BCUT2D eigenvalue weighted by molar-refractivity contribution is 6.31. The molecule has 0 radical (unpaired) electrons. The van der Waals surface area contributed by atoms with Gasteiger partial charge in [-0.25, -0.2) is 0 Å². The van der Waals surface area contributed by atoms with E-state index in [0.717, 1.165) is 29.4 Å². The molecule has 0 heterocycles. The summed E-state index contributed by atoms with van der Waals surface area (Å²) < 4.78 is 0. The summed E-state index contributed by atoms with van der Waals surface area (Å²) in [6, 6.07) is 6.85. The van der Waals surface area contributed by atoms with Crippen molar-refractivity contribution in [2.45, 2.75) is 45.7 Å². The Bertz CT molecular complexity index is 446. The van der Waals surface area contributed by atoms with Crippen LogP contribution in [0.4, 0.5) is 5.69 Å². The molecule has 0 amide bonds. The minimum absolute atomic E-state index is 0.186. The van der Waals surface area contributed by atoms with Gasteiger partial charge in [-0.05, 0) is 49.4 Å². The third-order valence-electron chi connectivity index (χ3n) is 4.09. The van der Waals surface area contributed by atoms with Crippen LogP contribution < -0.4 is 10.2 Å². The fourth-order valence-electron chi connectivity index (χ4n) is 2.68. The van der Waals surface area contributed by atoms with Crippen LogP contribution in [0.2, 0.25) is 5.02 Å². The van der Waals surface area contributed by atoms with E-state index in [1.54, 1.807) is 0 Å². The molecular formula is C17H27ClN2O. The van der Waals surface area contributed by atoms with Crippen LogP contribution in [0.5, 0.6) is 0 Å². The summed E-state index contributed by atoms with van der Waals surface area (Å²) in [5, 5.41) is 13.5. The molecule has 2 N–H and O–H groups in total. The first-order chi connectivity index (χ1) is 10.1. The van der Waals surface area contributed by atoms with Gasteiger partial charge in [0, 0.05) is 29.8 Å². The second-order valence-electron chi connectivity index (χ2n) is 6.30. The van der Waals surface area contributed by atoms with Gasteiger partial charge in [-0.1, -0.05) is 31.5 Å². The fourth-order valence-corrected chi connectivity index (χ4v) is 2.92. The minimum atomic E-state index is 0.186. The van der Waals surface area contributed by atoms with Gasteiger partial charge in [0.15, 0.2) is 0 Å². The van der Waals surface area contributed by atoms with Crippen molar-refractivity contribution >= 4 is 17.3 Å². The molecule has 21 heavy (non-hydrogen) atoms. The van der Waals surface area contributed by atoms with Gasteiger partial charge < -0.3 is 15.3 Å². The van der Waals surface area contributed by atoms with Crippen molar-refractivity contribution in [3.05, 3.63) is 28.8 Å². The van der Waals surface area contributed by atoms with Crippen molar-refractivity contribution in [1.29, 1.82) is 0 Å². The maximum atomic E-state index is 9.27. The summed E-state index contributed by atoms with van der Waals surface area (Å²) in [5.74, 6) is 0.640. The molecule has 0 bridgehead atoms. The summed E-state index contributed by atoms with van der Waals surface area (Å²) in [7, 11) is 0. The predicted molar refractivity (Wildman–Crippen MR) is 90.1 cm³/mol. The van der Waals surface area contributed by atoms with Crippen LogP contribution in [0.3, 0.4) is 0 Å². The van der Waals surface area contributed by atoms with E-state index in [0.29, 0.717) is 18.5 Å². The first-order valence-corrected chi connectivity index (χ1v) is 8.36. The molecule has 0 spiro atoms. The first kappa shape index (κ1) is 16.6. The Morgan fingerprint density at radius 2 is 2.14 bits per heavy atom. The van der Waals surface area contributed by atoms with Gasteiger partial charge in [0.05, 0.1) is 6.61 Å². The summed E-state index contributed by atoms with van der Waals surface area (Å²) in [6.45, 7) is 7.07. The lowest BCUT2D eigenvalue weighted by Gasteiger charge is -2.39. The molecule has 0 aromatic heterocycles. The van der Waals surface area contributed by atoms with E-state index in [9.17, 15) is 5.11 Å². The lowest BCUT2D eigenvalue weighted by atomic mass is 9.91. The molecule has 0 atom stereocenters.